The monoisotopic (exact) mass is 553 g/mol. The van der Waals surface area contributed by atoms with Gasteiger partial charge in [0.15, 0.2) is 11.5 Å². The van der Waals surface area contributed by atoms with E-state index in [4.69, 9.17) is 26.1 Å². The summed E-state index contributed by atoms with van der Waals surface area (Å²) < 4.78 is 77.2. The maximum absolute atomic E-state index is 13.4. The Bertz CT molecular complexity index is 1220. The van der Waals surface area contributed by atoms with Crippen LogP contribution >= 0.6 is 0 Å². The highest BCUT2D eigenvalue weighted by Crippen LogP contribution is 2.40. The number of carboxylic acids is 1. The number of carbonyl (C=O) groups is 3. The standard InChI is InChI=1S/C19H20F3N5O4.C2HF3O2/c1-9-2-3-10(18(30,17(24)29)19(20,21)22)6-12(9)13-7-25-15(23)14(27-13)16(28)26-11-4-5-31-8-11;3-2(4,5)1(6)7/h2-3,6-7,11,30H,4-5,8H2,1H3,(H2,23,25)(H2,24,29)(H,26,28);(H,6,7)/t11-,18?;/m0./s1. The zero-order chi connectivity index (χ0) is 29.1. The molecule has 1 aliphatic heterocycles. The third-order valence-electron chi connectivity index (χ3n) is 5.22. The number of halogens is 6. The molecule has 17 heteroatoms. The topological polar surface area (TPSA) is 191 Å². The fraction of sp³-hybridized carbons (Fsp3) is 0.381. The average Bonchev–Trinajstić information content (AvgIpc) is 3.31. The molecule has 0 bridgehead atoms. The summed E-state index contributed by atoms with van der Waals surface area (Å²) in [6.07, 6.45) is -8.65. The Morgan fingerprint density at radius 2 is 1.76 bits per heavy atom. The van der Waals surface area contributed by atoms with Gasteiger partial charge in [0.2, 0.25) is 0 Å². The van der Waals surface area contributed by atoms with E-state index in [9.17, 15) is 41.0 Å². The molecule has 1 aromatic heterocycles. The number of aliphatic carboxylic acids is 1. The molecule has 0 saturated carbocycles. The number of hydrogen-bond acceptors (Lipinski definition) is 8. The maximum atomic E-state index is 13.4. The summed E-state index contributed by atoms with van der Waals surface area (Å²) in [6, 6.07) is 2.91. The van der Waals surface area contributed by atoms with Crippen LogP contribution in [0, 0.1) is 6.92 Å². The molecule has 1 fully saturated rings. The number of anilines is 1. The van der Waals surface area contributed by atoms with Gasteiger partial charge in [0.25, 0.3) is 17.4 Å². The summed E-state index contributed by atoms with van der Waals surface area (Å²) in [6.45, 7) is 2.41. The third-order valence-corrected chi connectivity index (χ3v) is 5.22. The van der Waals surface area contributed by atoms with E-state index in [0.29, 0.717) is 25.2 Å². The first-order valence-corrected chi connectivity index (χ1v) is 10.4. The van der Waals surface area contributed by atoms with Gasteiger partial charge >= 0.3 is 18.3 Å². The average molecular weight is 553 g/mol. The molecule has 2 heterocycles. The van der Waals surface area contributed by atoms with Crippen molar-refractivity contribution in [1.29, 1.82) is 0 Å². The molecular formula is C21H21F6N5O6. The van der Waals surface area contributed by atoms with Gasteiger partial charge in [-0.1, -0.05) is 12.1 Å². The normalized spacial score (nSPS) is 17.1. The van der Waals surface area contributed by atoms with Gasteiger partial charge in [-0.15, -0.1) is 0 Å². The summed E-state index contributed by atoms with van der Waals surface area (Å²) in [5.74, 6) is -5.51. The number of rotatable bonds is 5. The molecule has 1 unspecified atom stereocenters. The van der Waals surface area contributed by atoms with Gasteiger partial charge < -0.3 is 31.7 Å². The number of nitrogens with two attached hydrogens (primary N) is 2. The van der Waals surface area contributed by atoms with Gasteiger partial charge in [-0.3, -0.25) is 9.59 Å². The van der Waals surface area contributed by atoms with E-state index in [1.54, 1.807) is 6.92 Å². The number of alkyl halides is 6. The Kier molecular flexibility index (Phi) is 8.89. The highest BCUT2D eigenvalue weighted by molar-refractivity contribution is 5.97. The molecule has 2 aromatic rings. The number of benzene rings is 1. The summed E-state index contributed by atoms with van der Waals surface area (Å²) in [7, 11) is 0. The minimum absolute atomic E-state index is 0.0235. The van der Waals surface area contributed by atoms with Crippen LogP contribution in [0.2, 0.25) is 0 Å². The number of nitrogens with one attached hydrogen (secondary N) is 1. The lowest BCUT2D eigenvalue weighted by atomic mass is 9.89. The Hall–Kier alpha value is -3.99. The lowest BCUT2D eigenvalue weighted by molar-refractivity contribution is -0.255. The van der Waals surface area contributed by atoms with Crippen molar-refractivity contribution in [2.75, 3.05) is 18.9 Å². The lowest BCUT2D eigenvalue weighted by Crippen LogP contribution is -2.52. The second-order valence-electron chi connectivity index (χ2n) is 7.93. The smallest absolute Gasteiger partial charge is 0.475 e. The summed E-state index contributed by atoms with van der Waals surface area (Å²) >= 11 is 0. The van der Waals surface area contributed by atoms with Crippen molar-refractivity contribution in [2.24, 2.45) is 5.73 Å². The number of aliphatic hydroxyl groups is 1. The van der Waals surface area contributed by atoms with E-state index in [1.165, 1.54) is 12.3 Å². The third kappa shape index (κ3) is 6.65. The molecule has 2 amide bonds. The quantitative estimate of drug-likeness (QED) is 0.341. The van der Waals surface area contributed by atoms with Crippen molar-refractivity contribution in [3.05, 3.63) is 41.2 Å². The number of hydrogen-bond donors (Lipinski definition) is 5. The first-order chi connectivity index (χ1) is 17.4. The fourth-order valence-electron chi connectivity index (χ4n) is 3.17. The van der Waals surface area contributed by atoms with Crippen LogP contribution in [0.15, 0.2) is 24.4 Å². The van der Waals surface area contributed by atoms with E-state index < -0.39 is 41.3 Å². The second kappa shape index (κ2) is 11.2. The SMILES string of the molecule is Cc1ccc(C(O)(C(N)=O)C(F)(F)F)cc1-c1cnc(N)c(C(=O)N[C@H]2CCOC2)n1.O=C(O)C(F)(F)F. The fourth-order valence-corrected chi connectivity index (χ4v) is 3.17. The lowest BCUT2D eigenvalue weighted by Gasteiger charge is -2.28. The van der Waals surface area contributed by atoms with Crippen LogP contribution in [0.25, 0.3) is 11.3 Å². The Balaban J connectivity index is 0.000000638. The van der Waals surface area contributed by atoms with Crippen LogP contribution in [0.3, 0.4) is 0 Å². The van der Waals surface area contributed by atoms with E-state index in [2.05, 4.69) is 15.3 Å². The maximum Gasteiger partial charge on any atom is 0.490 e. The zero-order valence-corrected chi connectivity index (χ0v) is 19.4. The summed E-state index contributed by atoms with van der Waals surface area (Å²) in [4.78, 5) is 41.0. The van der Waals surface area contributed by atoms with Crippen molar-refractivity contribution >= 4 is 23.6 Å². The van der Waals surface area contributed by atoms with Crippen LogP contribution < -0.4 is 16.8 Å². The zero-order valence-electron chi connectivity index (χ0n) is 19.4. The molecule has 0 radical (unpaired) electrons. The molecule has 0 spiro atoms. The Morgan fingerprint density at radius 3 is 2.24 bits per heavy atom. The number of carboxylic acid groups (broad SMARTS) is 1. The largest absolute Gasteiger partial charge is 0.490 e. The highest BCUT2D eigenvalue weighted by Gasteiger charge is 2.60. The van der Waals surface area contributed by atoms with Crippen molar-refractivity contribution in [1.82, 2.24) is 15.3 Å². The number of aromatic nitrogens is 2. The molecule has 7 N–H and O–H groups in total. The summed E-state index contributed by atoms with van der Waals surface area (Å²) in [5, 5.41) is 19.9. The van der Waals surface area contributed by atoms with Gasteiger partial charge in [-0.2, -0.15) is 26.3 Å². The minimum atomic E-state index is -5.35. The van der Waals surface area contributed by atoms with Gasteiger partial charge in [-0.25, -0.2) is 14.8 Å². The molecule has 1 aromatic carbocycles. The first kappa shape index (κ1) is 30.2. The van der Waals surface area contributed by atoms with E-state index in [-0.39, 0.29) is 28.8 Å². The molecule has 2 atom stereocenters. The van der Waals surface area contributed by atoms with Crippen molar-refractivity contribution in [2.45, 2.75) is 37.3 Å². The number of amides is 2. The predicted molar refractivity (Wildman–Crippen MR) is 116 cm³/mol. The molecule has 11 nitrogen and oxygen atoms in total. The highest BCUT2D eigenvalue weighted by atomic mass is 19.4. The second-order valence-corrected chi connectivity index (χ2v) is 7.93. The van der Waals surface area contributed by atoms with Gasteiger partial charge in [0, 0.05) is 17.7 Å². The van der Waals surface area contributed by atoms with E-state index in [0.717, 1.165) is 12.1 Å². The Labute approximate surface area is 209 Å². The van der Waals surface area contributed by atoms with Crippen LogP contribution in [-0.2, 0) is 19.9 Å². The van der Waals surface area contributed by atoms with Crippen LogP contribution in [0.1, 0.15) is 28.0 Å². The number of nitrogen functional groups attached to an aromatic ring is 1. The molecule has 0 aliphatic carbocycles. The van der Waals surface area contributed by atoms with Crippen LogP contribution in [-0.4, -0.2) is 69.6 Å². The number of aryl methyl sites for hydroxylation is 1. The molecule has 208 valence electrons. The minimum Gasteiger partial charge on any atom is -0.475 e. The van der Waals surface area contributed by atoms with E-state index >= 15 is 0 Å². The molecule has 1 saturated heterocycles. The van der Waals surface area contributed by atoms with Crippen LogP contribution in [0.5, 0.6) is 0 Å². The molecular weight excluding hydrogens is 532 g/mol. The number of primary amides is 1. The van der Waals surface area contributed by atoms with Gasteiger partial charge in [-0.05, 0) is 25.0 Å². The van der Waals surface area contributed by atoms with Gasteiger partial charge in [0.05, 0.1) is 24.5 Å². The predicted octanol–water partition coefficient (Wildman–Crippen LogP) is 1.42. The molecule has 38 heavy (non-hydrogen) atoms. The number of nitrogens with zero attached hydrogens (tertiary/aromatic N) is 2. The molecule has 3 rings (SSSR count). The summed E-state index contributed by atoms with van der Waals surface area (Å²) in [5.41, 5.74) is 6.29. The molecule has 1 aliphatic rings. The van der Waals surface area contributed by atoms with Crippen molar-refractivity contribution in [3.8, 4) is 11.3 Å². The van der Waals surface area contributed by atoms with Crippen molar-refractivity contribution < 1.29 is 55.7 Å². The van der Waals surface area contributed by atoms with Crippen molar-refractivity contribution in [3.63, 3.8) is 0 Å². The van der Waals surface area contributed by atoms with E-state index in [1.807, 2.05) is 0 Å². The number of ether oxygens (including phenoxy) is 1. The first-order valence-electron chi connectivity index (χ1n) is 10.4. The van der Waals surface area contributed by atoms with Crippen LogP contribution in [0.4, 0.5) is 32.2 Å². The number of carbonyl (C=O) groups excluding carboxylic acids is 2. The Morgan fingerprint density at radius 1 is 1.16 bits per heavy atom. The van der Waals surface area contributed by atoms with Gasteiger partial charge in [0.1, 0.15) is 0 Å².